The summed E-state index contributed by atoms with van der Waals surface area (Å²) in [7, 11) is 3.88. The third kappa shape index (κ3) is 3.71. The predicted octanol–water partition coefficient (Wildman–Crippen LogP) is 1.95. The number of nitrogens with one attached hydrogen (secondary N) is 1. The van der Waals surface area contributed by atoms with E-state index in [0.717, 1.165) is 30.8 Å². The van der Waals surface area contributed by atoms with Crippen molar-refractivity contribution in [2.24, 2.45) is 0 Å². The average molecular weight is 237 g/mol. The van der Waals surface area contributed by atoms with Crippen LogP contribution in [0.4, 0.5) is 11.4 Å². The van der Waals surface area contributed by atoms with Gasteiger partial charge >= 0.3 is 0 Å². The molecule has 17 heavy (non-hydrogen) atoms. The SMILES string of the molecule is CNCCCN(C)c1cc([N+](=O)[O-])ccc1C. The second-order valence-corrected chi connectivity index (χ2v) is 4.11. The Morgan fingerprint density at radius 3 is 2.76 bits per heavy atom. The van der Waals surface area contributed by atoms with Crippen molar-refractivity contribution >= 4 is 11.4 Å². The Labute approximate surface area is 102 Å². The van der Waals surface area contributed by atoms with Crippen LogP contribution < -0.4 is 10.2 Å². The molecule has 0 spiro atoms. The van der Waals surface area contributed by atoms with Gasteiger partial charge in [-0.1, -0.05) is 6.07 Å². The highest BCUT2D eigenvalue weighted by molar-refractivity contribution is 5.58. The summed E-state index contributed by atoms with van der Waals surface area (Å²) in [4.78, 5) is 12.4. The van der Waals surface area contributed by atoms with Crippen LogP contribution in [0.1, 0.15) is 12.0 Å². The molecule has 0 unspecified atom stereocenters. The van der Waals surface area contributed by atoms with Crippen molar-refractivity contribution in [3.8, 4) is 0 Å². The van der Waals surface area contributed by atoms with E-state index >= 15 is 0 Å². The number of nitro benzene ring substituents is 1. The van der Waals surface area contributed by atoms with Crippen molar-refractivity contribution in [1.29, 1.82) is 0 Å². The van der Waals surface area contributed by atoms with Crippen LogP contribution in [0.3, 0.4) is 0 Å². The van der Waals surface area contributed by atoms with Gasteiger partial charge in [0.25, 0.3) is 5.69 Å². The summed E-state index contributed by atoms with van der Waals surface area (Å²) in [6, 6.07) is 4.97. The summed E-state index contributed by atoms with van der Waals surface area (Å²) in [5.74, 6) is 0. The molecule has 0 fully saturated rings. The minimum atomic E-state index is -0.357. The number of benzene rings is 1. The number of non-ortho nitro benzene ring substituents is 1. The van der Waals surface area contributed by atoms with Gasteiger partial charge in [0.1, 0.15) is 0 Å². The van der Waals surface area contributed by atoms with Gasteiger partial charge in [0.2, 0.25) is 0 Å². The third-order valence-electron chi connectivity index (χ3n) is 2.74. The van der Waals surface area contributed by atoms with Crippen molar-refractivity contribution in [2.45, 2.75) is 13.3 Å². The van der Waals surface area contributed by atoms with Crippen molar-refractivity contribution in [2.75, 3.05) is 32.1 Å². The molecule has 1 aromatic carbocycles. The maximum absolute atomic E-state index is 10.7. The standard InChI is InChI=1S/C12H19N3O2/c1-10-5-6-11(15(16)17)9-12(10)14(3)8-4-7-13-2/h5-6,9,13H,4,7-8H2,1-3H3. The third-order valence-corrected chi connectivity index (χ3v) is 2.74. The predicted molar refractivity (Wildman–Crippen MR) is 69.6 cm³/mol. The molecule has 1 aromatic rings. The van der Waals surface area contributed by atoms with Crippen LogP contribution in [0.25, 0.3) is 0 Å². The van der Waals surface area contributed by atoms with E-state index in [4.69, 9.17) is 0 Å². The van der Waals surface area contributed by atoms with Crippen LogP contribution in [0.2, 0.25) is 0 Å². The van der Waals surface area contributed by atoms with Gasteiger partial charge < -0.3 is 10.2 Å². The monoisotopic (exact) mass is 237 g/mol. The van der Waals surface area contributed by atoms with E-state index < -0.39 is 0 Å². The Kier molecular flexibility index (Phi) is 4.90. The van der Waals surface area contributed by atoms with Gasteiger partial charge in [0.05, 0.1) is 4.92 Å². The van der Waals surface area contributed by atoms with E-state index in [9.17, 15) is 10.1 Å². The molecule has 0 aromatic heterocycles. The van der Waals surface area contributed by atoms with Crippen molar-refractivity contribution < 1.29 is 4.92 Å². The van der Waals surface area contributed by atoms with E-state index in [-0.39, 0.29) is 10.6 Å². The lowest BCUT2D eigenvalue weighted by Gasteiger charge is -2.21. The number of nitro groups is 1. The maximum Gasteiger partial charge on any atom is 0.271 e. The minimum absolute atomic E-state index is 0.145. The highest BCUT2D eigenvalue weighted by Gasteiger charge is 2.11. The first-order chi connectivity index (χ1) is 8.06. The maximum atomic E-state index is 10.7. The Balaban J connectivity index is 2.80. The van der Waals surface area contributed by atoms with Crippen LogP contribution in [0, 0.1) is 17.0 Å². The molecule has 0 saturated carbocycles. The molecule has 5 nitrogen and oxygen atoms in total. The topological polar surface area (TPSA) is 58.4 Å². The van der Waals surface area contributed by atoms with Gasteiger partial charge in [-0.25, -0.2) is 0 Å². The summed E-state index contributed by atoms with van der Waals surface area (Å²) >= 11 is 0. The highest BCUT2D eigenvalue weighted by atomic mass is 16.6. The molecule has 0 aliphatic carbocycles. The van der Waals surface area contributed by atoms with Crippen molar-refractivity contribution in [1.82, 2.24) is 5.32 Å². The summed E-state index contributed by atoms with van der Waals surface area (Å²) in [6.45, 7) is 3.79. The fourth-order valence-electron chi connectivity index (χ4n) is 1.74. The van der Waals surface area contributed by atoms with Gasteiger partial charge in [0.15, 0.2) is 0 Å². The molecule has 1 N–H and O–H groups in total. The fourth-order valence-corrected chi connectivity index (χ4v) is 1.74. The number of nitrogens with zero attached hydrogens (tertiary/aromatic N) is 2. The second-order valence-electron chi connectivity index (χ2n) is 4.11. The molecule has 0 amide bonds. The first-order valence-corrected chi connectivity index (χ1v) is 5.67. The average Bonchev–Trinajstić information content (AvgIpc) is 2.29. The molecular weight excluding hydrogens is 218 g/mol. The number of hydrogen-bond acceptors (Lipinski definition) is 4. The first-order valence-electron chi connectivity index (χ1n) is 5.67. The number of rotatable bonds is 6. The Morgan fingerprint density at radius 2 is 2.18 bits per heavy atom. The van der Waals surface area contributed by atoms with Crippen LogP contribution >= 0.6 is 0 Å². The number of aryl methyl sites for hydroxylation is 1. The summed E-state index contributed by atoms with van der Waals surface area (Å²) < 4.78 is 0. The summed E-state index contributed by atoms with van der Waals surface area (Å²) in [6.07, 6.45) is 1.01. The molecule has 5 heteroatoms. The zero-order valence-electron chi connectivity index (χ0n) is 10.6. The van der Waals surface area contributed by atoms with E-state index in [1.807, 2.05) is 21.0 Å². The van der Waals surface area contributed by atoms with Gasteiger partial charge in [-0.2, -0.15) is 0 Å². The van der Waals surface area contributed by atoms with Crippen molar-refractivity contribution in [3.63, 3.8) is 0 Å². The molecule has 0 aliphatic heterocycles. The van der Waals surface area contributed by atoms with Crippen LogP contribution in [-0.2, 0) is 0 Å². The smallest absolute Gasteiger partial charge is 0.271 e. The molecule has 0 heterocycles. The molecule has 0 bridgehead atoms. The van der Waals surface area contributed by atoms with Gasteiger partial charge in [0, 0.05) is 31.4 Å². The second kappa shape index (κ2) is 6.20. The lowest BCUT2D eigenvalue weighted by Crippen LogP contribution is -2.22. The molecule has 94 valence electrons. The van der Waals surface area contributed by atoms with Crippen molar-refractivity contribution in [3.05, 3.63) is 33.9 Å². The molecular formula is C12H19N3O2. The van der Waals surface area contributed by atoms with Crippen LogP contribution in [0.5, 0.6) is 0 Å². The lowest BCUT2D eigenvalue weighted by atomic mass is 10.1. The van der Waals surface area contributed by atoms with E-state index in [1.54, 1.807) is 18.2 Å². The van der Waals surface area contributed by atoms with E-state index in [2.05, 4.69) is 10.2 Å². The molecule has 0 atom stereocenters. The Bertz CT molecular complexity index is 393. The first kappa shape index (κ1) is 13.4. The highest BCUT2D eigenvalue weighted by Crippen LogP contribution is 2.24. The zero-order valence-corrected chi connectivity index (χ0v) is 10.6. The number of hydrogen-bond donors (Lipinski definition) is 1. The normalized spacial score (nSPS) is 10.3. The van der Waals surface area contributed by atoms with Gasteiger partial charge in [-0.15, -0.1) is 0 Å². The molecule has 1 rings (SSSR count). The number of anilines is 1. The Hall–Kier alpha value is -1.62. The minimum Gasteiger partial charge on any atom is -0.374 e. The molecule has 0 radical (unpaired) electrons. The van der Waals surface area contributed by atoms with Gasteiger partial charge in [-0.3, -0.25) is 10.1 Å². The zero-order chi connectivity index (χ0) is 12.8. The van der Waals surface area contributed by atoms with Crippen LogP contribution in [0.15, 0.2) is 18.2 Å². The lowest BCUT2D eigenvalue weighted by molar-refractivity contribution is -0.384. The van der Waals surface area contributed by atoms with E-state index in [1.165, 1.54) is 0 Å². The quantitative estimate of drug-likeness (QED) is 0.467. The molecule has 0 aliphatic rings. The molecule has 0 saturated heterocycles. The largest absolute Gasteiger partial charge is 0.374 e. The summed E-state index contributed by atoms with van der Waals surface area (Å²) in [5, 5.41) is 13.8. The van der Waals surface area contributed by atoms with Crippen LogP contribution in [-0.4, -0.2) is 32.1 Å². The van der Waals surface area contributed by atoms with Gasteiger partial charge in [-0.05, 0) is 32.5 Å². The summed E-state index contributed by atoms with van der Waals surface area (Å²) in [5.41, 5.74) is 2.13. The fraction of sp³-hybridized carbons (Fsp3) is 0.500. The Morgan fingerprint density at radius 1 is 1.47 bits per heavy atom. The van der Waals surface area contributed by atoms with E-state index in [0.29, 0.717) is 0 Å².